The van der Waals surface area contributed by atoms with E-state index in [4.69, 9.17) is 11.6 Å². The van der Waals surface area contributed by atoms with Crippen molar-refractivity contribution in [1.29, 1.82) is 0 Å². The maximum atomic E-state index is 12.4. The van der Waals surface area contributed by atoms with Crippen LogP contribution in [0.4, 0.5) is 5.69 Å². The summed E-state index contributed by atoms with van der Waals surface area (Å²) in [6.07, 6.45) is 0. The van der Waals surface area contributed by atoms with Gasteiger partial charge in [-0.3, -0.25) is 9.36 Å². The molecule has 1 aromatic heterocycles. The fourth-order valence-corrected chi connectivity index (χ4v) is 3.96. The van der Waals surface area contributed by atoms with Gasteiger partial charge < -0.3 is 5.32 Å². The molecule has 1 N–H and O–H groups in total. The Kier molecular flexibility index (Phi) is 6.52. The summed E-state index contributed by atoms with van der Waals surface area (Å²) in [4.78, 5) is 12.4. The summed E-state index contributed by atoms with van der Waals surface area (Å²) < 4.78 is 2.90. The molecule has 4 rings (SSSR count). The van der Waals surface area contributed by atoms with Gasteiger partial charge in [0, 0.05) is 26.4 Å². The number of para-hydroxylation sites is 1. The maximum absolute atomic E-state index is 12.4. The molecule has 0 bridgehead atoms. The van der Waals surface area contributed by atoms with Crippen LogP contribution in [0.15, 0.2) is 88.5 Å². The number of halogens is 2. The quantitative estimate of drug-likeness (QED) is 0.327. The highest BCUT2D eigenvalue weighted by atomic mass is 79.9. The van der Waals surface area contributed by atoms with Crippen LogP contribution in [0.2, 0.25) is 5.02 Å². The molecule has 0 aliphatic rings. The Hall–Kier alpha value is -2.61. The number of anilines is 1. The van der Waals surface area contributed by atoms with Crippen LogP contribution in [0.1, 0.15) is 0 Å². The first-order chi connectivity index (χ1) is 14.6. The van der Waals surface area contributed by atoms with Crippen LogP contribution in [0.3, 0.4) is 0 Å². The highest BCUT2D eigenvalue weighted by molar-refractivity contribution is 9.10. The van der Waals surface area contributed by atoms with E-state index in [0.717, 1.165) is 21.4 Å². The maximum Gasteiger partial charge on any atom is 0.234 e. The van der Waals surface area contributed by atoms with Gasteiger partial charge in [-0.2, -0.15) is 0 Å². The Morgan fingerprint density at radius 1 is 0.967 bits per heavy atom. The average molecular weight is 500 g/mol. The van der Waals surface area contributed by atoms with E-state index >= 15 is 0 Å². The fraction of sp³-hybridized carbons (Fsp3) is 0.0455. The fourth-order valence-electron chi connectivity index (χ4n) is 2.82. The Bertz CT molecular complexity index is 1150. The van der Waals surface area contributed by atoms with Crippen LogP contribution in [-0.2, 0) is 4.79 Å². The molecule has 0 aliphatic carbocycles. The van der Waals surface area contributed by atoms with Crippen molar-refractivity contribution in [2.45, 2.75) is 5.16 Å². The number of hydrogen-bond acceptors (Lipinski definition) is 4. The van der Waals surface area contributed by atoms with Crippen molar-refractivity contribution < 1.29 is 4.79 Å². The van der Waals surface area contributed by atoms with Gasteiger partial charge in [-0.25, -0.2) is 0 Å². The first kappa shape index (κ1) is 20.7. The van der Waals surface area contributed by atoms with Crippen molar-refractivity contribution in [2.75, 3.05) is 11.1 Å². The van der Waals surface area contributed by atoms with Gasteiger partial charge in [0.15, 0.2) is 11.0 Å². The second kappa shape index (κ2) is 9.47. The van der Waals surface area contributed by atoms with Crippen LogP contribution in [0, 0.1) is 0 Å². The van der Waals surface area contributed by atoms with Gasteiger partial charge >= 0.3 is 0 Å². The molecule has 1 heterocycles. The molecular weight excluding hydrogens is 484 g/mol. The average Bonchev–Trinajstić information content (AvgIpc) is 3.19. The number of benzene rings is 3. The van der Waals surface area contributed by atoms with Crippen LogP contribution >= 0.6 is 39.3 Å². The summed E-state index contributed by atoms with van der Waals surface area (Å²) in [6.45, 7) is 0. The van der Waals surface area contributed by atoms with Crippen molar-refractivity contribution >= 4 is 50.9 Å². The van der Waals surface area contributed by atoms with Crippen molar-refractivity contribution in [3.63, 3.8) is 0 Å². The normalized spacial score (nSPS) is 10.7. The molecule has 0 unspecified atom stereocenters. The van der Waals surface area contributed by atoms with Gasteiger partial charge in [0.25, 0.3) is 0 Å². The highest BCUT2D eigenvalue weighted by Gasteiger charge is 2.17. The Morgan fingerprint density at radius 2 is 1.67 bits per heavy atom. The monoisotopic (exact) mass is 498 g/mol. The number of hydrogen-bond donors (Lipinski definition) is 1. The Morgan fingerprint density at radius 3 is 2.37 bits per heavy atom. The predicted molar refractivity (Wildman–Crippen MR) is 125 cm³/mol. The largest absolute Gasteiger partial charge is 0.325 e. The van der Waals surface area contributed by atoms with Crippen molar-refractivity contribution in [3.8, 4) is 17.1 Å². The zero-order chi connectivity index (χ0) is 20.9. The Balaban J connectivity index is 1.57. The molecule has 0 fully saturated rings. The molecule has 0 atom stereocenters. The first-order valence-electron chi connectivity index (χ1n) is 9.05. The van der Waals surface area contributed by atoms with Gasteiger partial charge in [0.2, 0.25) is 5.91 Å². The van der Waals surface area contributed by atoms with E-state index in [1.54, 1.807) is 0 Å². The summed E-state index contributed by atoms with van der Waals surface area (Å²) in [5.74, 6) is 0.786. The van der Waals surface area contributed by atoms with Gasteiger partial charge in [-0.05, 0) is 60.7 Å². The zero-order valence-electron chi connectivity index (χ0n) is 15.6. The number of carbonyl (C=O) groups excluding carboxylic acids is 1. The second-order valence-corrected chi connectivity index (χ2v) is 8.62. The van der Waals surface area contributed by atoms with Crippen molar-refractivity contribution in [1.82, 2.24) is 14.8 Å². The molecule has 0 aliphatic heterocycles. The van der Waals surface area contributed by atoms with Crippen LogP contribution in [0.25, 0.3) is 17.1 Å². The molecule has 30 heavy (non-hydrogen) atoms. The third-order valence-electron chi connectivity index (χ3n) is 4.21. The van der Waals surface area contributed by atoms with E-state index in [9.17, 15) is 4.79 Å². The number of nitrogens with zero attached hydrogens (tertiary/aromatic N) is 3. The summed E-state index contributed by atoms with van der Waals surface area (Å²) in [6, 6.07) is 24.7. The number of nitrogens with one attached hydrogen (secondary N) is 1. The number of aromatic nitrogens is 3. The standard InChI is InChI=1S/C22H16BrClN4OS/c23-16-8-12-18(13-9-16)25-20(29)14-30-22-27-26-21(15-6-10-17(24)11-7-15)28(22)19-4-2-1-3-5-19/h1-13H,14H2,(H,25,29). The van der Waals surface area contributed by atoms with E-state index in [0.29, 0.717) is 16.0 Å². The van der Waals surface area contributed by atoms with Crippen LogP contribution in [-0.4, -0.2) is 26.4 Å². The van der Waals surface area contributed by atoms with Gasteiger partial charge in [-0.15, -0.1) is 10.2 Å². The second-order valence-electron chi connectivity index (χ2n) is 6.33. The summed E-state index contributed by atoms with van der Waals surface area (Å²) in [5.41, 5.74) is 2.56. The van der Waals surface area contributed by atoms with E-state index in [-0.39, 0.29) is 11.7 Å². The first-order valence-corrected chi connectivity index (χ1v) is 11.2. The lowest BCUT2D eigenvalue weighted by Gasteiger charge is -2.10. The third kappa shape index (κ3) is 4.92. The summed E-state index contributed by atoms with van der Waals surface area (Å²) >= 11 is 10.7. The smallest absolute Gasteiger partial charge is 0.234 e. The number of rotatable bonds is 6. The minimum Gasteiger partial charge on any atom is -0.325 e. The molecule has 8 heteroatoms. The molecule has 150 valence electrons. The summed E-state index contributed by atoms with van der Waals surface area (Å²) in [5, 5.41) is 12.9. The van der Waals surface area contributed by atoms with E-state index in [2.05, 4.69) is 31.4 Å². The molecule has 0 radical (unpaired) electrons. The lowest BCUT2D eigenvalue weighted by atomic mass is 10.2. The lowest BCUT2D eigenvalue weighted by Crippen LogP contribution is -2.14. The number of amides is 1. The van der Waals surface area contributed by atoms with E-state index < -0.39 is 0 Å². The van der Waals surface area contributed by atoms with Gasteiger partial charge in [0.05, 0.1) is 5.75 Å². The lowest BCUT2D eigenvalue weighted by molar-refractivity contribution is -0.113. The van der Waals surface area contributed by atoms with Gasteiger partial charge in [-0.1, -0.05) is 57.5 Å². The molecule has 1 amide bonds. The summed E-state index contributed by atoms with van der Waals surface area (Å²) in [7, 11) is 0. The molecule has 0 saturated heterocycles. The molecular formula is C22H16BrClN4OS. The molecule has 0 saturated carbocycles. The van der Waals surface area contributed by atoms with E-state index in [1.165, 1.54) is 11.8 Å². The van der Waals surface area contributed by atoms with Gasteiger partial charge in [0.1, 0.15) is 0 Å². The van der Waals surface area contributed by atoms with Crippen LogP contribution < -0.4 is 5.32 Å². The van der Waals surface area contributed by atoms with Crippen LogP contribution in [0.5, 0.6) is 0 Å². The minimum atomic E-state index is -0.113. The minimum absolute atomic E-state index is 0.113. The molecule has 0 spiro atoms. The highest BCUT2D eigenvalue weighted by Crippen LogP contribution is 2.28. The Labute approximate surface area is 191 Å². The zero-order valence-corrected chi connectivity index (χ0v) is 18.8. The molecule has 3 aromatic carbocycles. The predicted octanol–water partition coefficient (Wildman–Crippen LogP) is 6.08. The topological polar surface area (TPSA) is 59.8 Å². The molecule has 5 nitrogen and oxygen atoms in total. The van der Waals surface area contributed by atoms with Crippen molar-refractivity contribution in [2.24, 2.45) is 0 Å². The third-order valence-corrected chi connectivity index (χ3v) is 5.92. The molecule has 4 aromatic rings. The number of carbonyl (C=O) groups is 1. The van der Waals surface area contributed by atoms with E-state index in [1.807, 2.05) is 83.4 Å². The SMILES string of the molecule is O=C(CSc1nnc(-c2ccc(Cl)cc2)n1-c1ccccc1)Nc1ccc(Br)cc1. The number of thioether (sulfide) groups is 1. The van der Waals surface area contributed by atoms with Crippen molar-refractivity contribution in [3.05, 3.63) is 88.4 Å².